The fraction of sp³-hybridized carbons (Fsp3) is 1.00. The van der Waals surface area contributed by atoms with Crippen LogP contribution in [0.15, 0.2) is 0 Å². The van der Waals surface area contributed by atoms with Gasteiger partial charge in [-0.15, -0.1) is 0 Å². The van der Waals surface area contributed by atoms with E-state index < -0.39 is 0 Å². The van der Waals surface area contributed by atoms with E-state index in [-0.39, 0.29) is 5.54 Å². The molecule has 0 unspecified atom stereocenters. The second-order valence-electron chi connectivity index (χ2n) is 6.96. The molecule has 0 radical (unpaired) electrons. The number of nitrogens with one attached hydrogen (secondary N) is 1. The largest absolute Gasteiger partial charge is 0.312 e. The molecule has 0 aliphatic carbocycles. The molecule has 0 atom stereocenters. The molecule has 2 heteroatoms. The summed E-state index contributed by atoms with van der Waals surface area (Å²) in [6.07, 6.45) is 8.35. The van der Waals surface area contributed by atoms with E-state index in [0.717, 1.165) is 12.5 Å². The zero-order valence-corrected chi connectivity index (χ0v) is 13.1. The highest BCUT2D eigenvalue weighted by atomic mass is 15.1. The monoisotopic (exact) mass is 254 g/mol. The maximum atomic E-state index is 3.56. The lowest BCUT2D eigenvalue weighted by molar-refractivity contribution is 0.175. The molecule has 1 N–H and O–H groups in total. The molecular weight excluding hydrogens is 220 g/mol. The number of piperidine rings is 1. The highest BCUT2D eigenvalue weighted by molar-refractivity contribution is 4.73. The fourth-order valence-electron chi connectivity index (χ4n) is 2.83. The third-order valence-corrected chi connectivity index (χ3v) is 3.96. The number of hydrogen-bond acceptors (Lipinski definition) is 2. The van der Waals surface area contributed by atoms with Crippen LogP contribution in [0, 0.1) is 5.92 Å². The normalized spacial score (nSPS) is 19.3. The van der Waals surface area contributed by atoms with Crippen LogP contribution in [0.1, 0.15) is 66.2 Å². The van der Waals surface area contributed by atoms with Crippen LogP contribution in [0.5, 0.6) is 0 Å². The minimum atomic E-state index is 0.276. The van der Waals surface area contributed by atoms with Gasteiger partial charge in [0, 0.05) is 5.54 Å². The Morgan fingerprint density at radius 3 is 2.33 bits per heavy atom. The van der Waals surface area contributed by atoms with Crippen LogP contribution in [-0.4, -0.2) is 36.6 Å². The first-order chi connectivity index (χ1) is 8.51. The average molecular weight is 254 g/mol. The molecule has 1 fully saturated rings. The molecule has 0 bridgehead atoms. The first-order valence-corrected chi connectivity index (χ1v) is 7.98. The van der Waals surface area contributed by atoms with E-state index >= 15 is 0 Å². The van der Waals surface area contributed by atoms with Gasteiger partial charge in [-0.25, -0.2) is 0 Å². The Labute approximate surface area is 115 Å². The number of hydrogen-bond donors (Lipinski definition) is 1. The summed E-state index contributed by atoms with van der Waals surface area (Å²) in [6, 6.07) is 0. The van der Waals surface area contributed by atoms with Crippen LogP contribution in [0.25, 0.3) is 0 Å². The van der Waals surface area contributed by atoms with Gasteiger partial charge >= 0.3 is 0 Å². The summed E-state index contributed by atoms with van der Waals surface area (Å²) in [5, 5.41) is 3.56. The van der Waals surface area contributed by atoms with Gasteiger partial charge in [0.15, 0.2) is 0 Å². The van der Waals surface area contributed by atoms with Gasteiger partial charge < -0.3 is 10.2 Å². The SMILES string of the molecule is CCCC1CCN(CCCCNC(C)(C)C)CC1. The summed E-state index contributed by atoms with van der Waals surface area (Å²) in [5.74, 6) is 1.02. The molecular formula is C16H34N2. The van der Waals surface area contributed by atoms with Crippen LogP contribution in [-0.2, 0) is 0 Å². The van der Waals surface area contributed by atoms with Gasteiger partial charge in [-0.3, -0.25) is 0 Å². The predicted octanol–water partition coefficient (Wildman–Crippen LogP) is 3.67. The van der Waals surface area contributed by atoms with E-state index in [0.29, 0.717) is 0 Å². The molecule has 0 saturated carbocycles. The zero-order chi connectivity index (χ0) is 13.4. The molecule has 108 valence electrons. The van der Waals surface area contributed by atoms with Crippen molar-refractivity contribution in [1.29, 1.82) is 0 Å². The Morgan fingerprint density at radius 1 is 1.11 bits per heavy atom. The van der Waals surface area contributed by atoms with Gasteiger partial charge in [0.05, 0.1) is 0 Å². The smallest absolute Gasteiger partial charge is 0.00965 e. The highest BCUT2D eigenvalue weighted by Crippen LogP contribution is 2.21. The summed E-state index contributed by atoms with van der Waals surface area (Å²) in [7, 11) is 0. The molecule has 0 amide bonds. The molecule has 0 aromatic rings. The van der Waals surface area contributed by atoms with Crippen molar-refractivity contribution in [3.63, 3.8) is 0 Å². The van der Waals surface area contributed by atoms with Crippen molar-refractivity contribution in [2.24, 2.45) is 5.92 Å². The van der Waals surface area contributed by atoms with Gasteiger partial charge in [-0.1, -0.05) is 19.8 Å². The molecule has 0 spiro atoms. The van der Waals surface area contributed by atoms with E-state index in [1.165, 1.54) is 58.2 Å². The number of rotatable bonds is 7. The summed E-state index contributed by atoms with van der Waals surface area (Å²) < 4.78 is 0. The van der Waals surface area contributed by atoms with Crippen molar-refractivity contribution in [2.45, 2.75) is 71.8 Å². The summed E-state index contributed by atoms with van der Waals surface area (Å²) in [6.45, 7) is 14.2. The maximum absolute atomic E-state index is 3.56. The molecule has 18 heavy (non-hydrogen) atoms. The molecule has 1 aliphatic heterocycles. The Kier molecular flexibility index (Phi) is 7.25. The maximum Gasteiger partial charge on any atom is 0.00965 e. The lowest BCUT2D eigenvalue weighted by Gasteiger charge is -2.32. The third kappa shape index (κ3) is 7.38. The summed E-state index contributed by atoms with van der Waals surface area (Å²) in [5.41, 5.74) is 0.276. The van der Waals surface area contributed by atoms with E-state index in [4.69, 9.17) is 0 Å². The second-order valence-corrected chi connectivity index (χ2v) is 6.96. The minimum absolute atomic E-state index is 0.276. The van der Waals surface area contributed by atoms with Crippen molar-refractivity contribution in [1.82, 2.24) is 10.2 Å². The second kappa shape index (κ2) is 8.16. The van der Waals surface area contributed by atoms with Crippen molar-refractivity contribution >= 4 is 0 Å². The molecule has 2 nitrogen and oxygen atoms in total. The Morgan fingerprint density at radius 2 is 1.78 bits per heavy atom. The van der Waals surface area contributed by atoms with Gasteiger partial charge in [0.1, 0.15) is 0 Å². The Hall–Kier alpha value is -0.0800. The van der Waals surface area contributed by atoms with Gasteiger partial charge in [0.2, 0.25) is 0 Å². The van der Waals surface area contributed by atoms with Crippen molar-refractivity contribution in [2.75, 3.05) is 26.2 Å². The number of nitrogens with zero attached hydrogens (tertiary/aromatic N) is 1. The first-order valence-electron chi connectivity index (χ1n) is 7.98. The van der Waals surface area contributed by atoms with Crippen LogP contribution in [0.4, 0.5) is 0 Å². The summed E-state index contributed by atoms with van der Waals surface area (Å²) in [4.78, 5) is 2.67. The molecule has 1 heterocycles. The van der Waals surface area contributed by atoms with Crippen LogP contribution in [0.3, 0.4) is 0 Å². The molecule has 0 aromatic heterocycles. The Balaban J connectivity index is 1.98. The van der Waals surface area contributed by atoms with Gasteiger partial charge in [-0.2, -0.15) is 0 Å². The van der Waals surface area contributed by atoms with E-state index in [9.17, 15) is 0 Å². The molecule has 1 rings (SSSR count). The zero-order valence-electron chi connectivity index (χ0n) is 13.1. The van der Waals surface area contributed by atoms with Crippen LogP contribution >= 0.6 is 0 Å². The van der Waals surface area contributed by atoms with Crippen LogP contribution in [0.2, 0.25) is 0 Å². The number of likely N-dealkylation sites (tertiary alicyclic amines) is 1. The standard InChI is InChI=1S/C16H34N2/c1-5-8-15-9-13-18(14-10-15)12-7-6-11-17-16(2,3)4/h15,17H,5-14H2,1-4H3. The minimum Gasteiger partial charge on any atom is -0.312 e. The first kappa shape index (κ1) is 16.0. The summed E-state index contributed by atoms with van der Waals surface area (Å²) >= 11 is 0. The topological polar surface area (TPSA) is 15.3 Å². The fourth-order valence-corrected chi connectivity index (χ4v) is 2.83. The van der Waals surface area contributed by atoms with Crippen molar-refractivity contribution < 1.29 is 0 Å². The van der Waals surface area contributed by atoms with Crippen LogP contribution < -0.4 is 5.32 Å². The molecule has 1 saturated heterocycles. The lowest BCUT2D eigenvalue weighted by Crippen LogP contribution is -2.37. The van der Waals surface area contributed by atoms with Crippen molar-refractivity contribution in [3.05, 3.63) is 0 Å². The van der Waals surface area contributed by atoms with E-state index in [2.05, 4.69) is 37.9 Å². The quantitative estimate of drug-likeness (QED) is 0.697. The Bertz CT molecular complexity index is 200. The van der Waals surface area contributed by atoms with Gasteiger partial charge in [-0.05, 0) is 78.6 Å². The van der Waals surface area contributed by atoms with E-state index in [1.54, 1.807) is 0 Å². The van der Waals surface area contributed by atoms with Crippen molar-refractivity contribution in [3.8, 4) is 0 Å². The highest BCUT2D eigenvalue weighted by Gasteiger charge is 2.17. The van der Waals surface area contributed by atoms with Gasteiger partial charge in [0.25, 0.3) is 0 Å². The molecule has 1 aliphatic rings. The number of unbranched alkanes of at least 4 members (excludes halogenated alkanes) is 1. The van der Waals surface area contributed by atoms with E-state index in [1.807, 2.05) is 0 Å². The lowest BCUT2D eigenvalue weighted by atomic mass is 9.92. The molecule has 0 aromatic carbocycles. The third-order valence-electron chi connectivity index (χ3n) is 3.96. The average Bonchev–Trinajstić information content (AvgIpc) is 2.30. The predicted molar refractivity (Wildman–Crippen MR) is 81.1 cm³/mol.